The van der Waals surface area contributed by atoms with Gasteiger partial charge in [-0.15, -0.1) is 0 Å². The largest absolute Gasteiger partial charge is 0.392 e. The molecule has 2 aliphatic rings. The van der Waals surface area contributed by atoms with Crippen LogP contribution in [0.15, 0.2) is 0 Å². The molecule has 2 aliphatic heterocycles. The number of carbonyl (C=O) groups excluding carboxylic acids is 1. The molecule has 0 radical (unpaired) electrons. The number of aliphatic hydroxyl groups is 1. The van der Waals surface area contributed by atoms with Crippen LogP contribution in [0.3, 0.4) is 0 Å². The second-order valence-electron chi connectivity index (χ2n) is 3.99. The first-order valence-electron chi connectivity index (χ1n) is 4.66. The van der Waals surface area contributed by atoms with Crippen molar-refractivity contribution < 1.29 is 18.3 Å². The van der Waals surface area contributed by atoms with E-state index in [9.17, 15) is 18.3 Å². The van der Waals surface area contributed by atoms with E-state index in [1.807, 2.05) is 0 Å². The molecule has 0 saturated carbocycles. The summed E-state index contributed by atoms with van der Waals surface area (Å²) in [5, 5.41) is 12.2. The van der Waals surface area contributed by atoms with Gasteiger partial charge in [-0.1, -0.05) is 0 Å². The number of aliphatic hydroxyl groups excluding tert-OH is 1. The first kappa shape index (κ1) is 9.92. The van der Waals surface area contributed by atoms with E-state index in [2.05, 4.69) is 5.32 Å². The minimum Gasteiger partial charge on any atom is -0.392 e. The van der Waals surface area contributed by atoms with Crippen LogP contribution in [0.4, 0.5) is 0 Å². The Balaban J connectivity index is 2.16. The molecular weight excluding hydrogens is 206 g/mol. The predicted octanol–water partition coefficient (Wildman–Crippen LogP) is -1.47. The summed E-state index contributed by atoms with van der Waals surface area (Å²) < 4.78 is 22.4. The van der Waals surface area contributed by atoms with E-state index in [4.69, 9.17) is 0 Å². The molecule has 2 fully saturated rings. The number of amides is 1. The molecule has 0 aromatic rings. The number of rotatable bonds is 1. The Morgan fingerprint density at radius 2 is 2.07 bits per heavy atom. The maximum atomic E-state index is 11.3. The summed E-state index contributed by atoms with van der Waals surface area (Å²) >= 11 is 0. The fourth-order valence-electron chi connectivity index (χ4n) is 2.26. The monoisotopic (exact) mass is 219 g/mol. The number of nitrogens with one attached hydrogen (secondary N) is 1. The van der Waals surface area contributed by atoms with E-state index in [1.165, 1.54) is 0 Å². The third-order valence-electron chi connectivity index (χ3n) is 2.97. The van der Waals surface area contributed by atoms with Crippen LogP contribution in [0.1, 0.15) is 6.42 Å². The zero-order chi connectivity index (χ0) is 10.3. The highest BCUT2D eigenvalue weighted by atomic mass is 32.2. The first-order chi connectivity index (χ1) is 6.49. The Morgan fingerprint density at radius 1 is 1.36 bits per heavy atom. The molecule has 2 heterocycles. The smallest absolute Gasteiger partial charge is 0.223 e. The van der Waals surface area contributed by atoms with Crippen molar-refractivity contribution in [2.24, 2.45) is 11.8 Å². The van der Waals surface area contributed by atoms with E-state index in [0.29, 0.717) is 13.0 Å². The van der Waals surface area contributed by atoms with E-state index in [0.717, 1.165) is 0 Å². The molecule has 0 spiro atoms. The van der Waals surface area contributed by atoms with Crippen LogP contribution in [-0.2, 0) is 14.6 Å². The third-order valence-corrected chi connectivity index (χ3v) is 4.72. The van der Waals surface area contributed by atoms with Gasteiger partial charge < -0.3 is 10.4 Å². The zero-order valence-electron chi connectivity index (χ0n) is 7.64. The van der Waals surface area contributed by atoms with E-state index in [-0.39, 0.29) is 23.3 Å². The number of carbonyl (C=O) groups is 1. The van der Waals surface area contributed by atoms with Gasteiger partial charge in [0.15, 0.2) is 9.84 Å². The van der Waals surface area contributed by atoms with Gasteiger partial charge in [0, 0.05) is 18.4 Å². The fourth-order valence-corrected chi connectivity index (χ4v) is 4.21. The third kappa shape index (κ3) is 1.64. The van der Waals surface area contributed by atoms with Crippen LogP contribution in [0.2, 0.25) is 0 Å². The van der Waals surface area contributed by atoms with Crippen LogP contribution >= 0.6 is 0 Å². The lowest BCUT2D eigenvalue weighted by molar-refractivity contribution is -0.124. The Labute approximate surface area is 82.4 Å². The summed E-state index contributed by atoms with van der Waals surface area (Å²) in [6.45, 7) is 0.590. The number of sulfone groups is 1. The van der Waals surface area contributed by atoms with E-state index < -0.39 is 21.9 Å². The first-order valence-corrected chi connectivity index (χ1v) is 6.48. The van der Waals surface area contributed by atoms with Gasteiger partial charge in [0.05, 0.1) is 17.6 Å². The average Bonchev–Trinajstić information content (AvgIpc) is 2.55. The van der Waals surface area contributed by atoms with Gasteiger partial charge in [-0.25, -0.2) is 8.42 Å². The van der Waals surface area contributed by atoms with Crippen molar-refractivity contribution in [3.8, 4) is 0 Å². The lowest BCUT2D eigenvalue weighted by atomic mass is 9.89. The van der Waals surface area contributed by atoms with Crippen LogP contribution in [0, 0.1) is 11.8 Å². The Hall–Kier alpha value is -0.620. The van der Waals surface area contributed by atoms with Crippen molar-refractivity contribution in [2.75, 3.05) is 18.1 Å². The Kier molecular flexibility index (Phi) is 2.27. The minimum absolute atomic E-state index is 0.0494. The normalized spacial score (nSPS) is 41.2. The summed E-state index contributed by atoms with van der Waals surface area (Å²) in [6.07, 6.45) is -0.232. The van der Waals surface area contributed by atoms with Crippen molar-refractivity contribution in [3.05, 3.63) is 0 Å². The molecule has 0 aliphatic carbocycles. The van der Waals surface area contributed by atoms with Crippen LogP contribution in [0.25, 0.3) is 0 Å². The quantitative estimate of drug-likeness (QED) is 0.564. The lowest BCUT2D eigenvalue weighted by Gasteiger charge is -2.17. The van der Waals surface area contributed by atoms with Crippen LogP contribution in [-0.4, -0.2) is 43.6 Å². The van der Waals surface area contributed by atoms with Gasteiger partial charge in [-0.2, -0.15) is 0 Å². The van der Waals surface area contributed by atoms with Gasteiger partial charge in [-0.05, 0) is 6.42 Å². The molecule has 3 unspecified atom stereocenters. The Morgan fingerprint density at radius 3 is 2.50 bits per heavy atom. The van der Waals surface area contributed by atoms with Gasteiger partial charge in [0.25, 0.3) is 0 Å². The second-order valence-corrected chi connectivity index (χ2v) is 6.15. The van der Waals surface area contributed by atoms with Gasteiger partial charge in [0.2, 0.25) is 5.91 Å². The van der Waals surface area contributed by atoms with Crippen molar-refractivity contribution in [3.63, 3.8) is 0 Å². The standard InChI is InChI=1S/C8H13NO4S/c10-7-4-14(12,13)3-6(7)5-1-2-9-8(5)11/h5-7,10H,1-4H2,(H,9,11). The SMILES string of the molecule is O=C1NCCC1C1CS(=O)(=O)CC1O. The lowest BCUT2D eigenvalue weighted by Crippen LogP contribution is -2.31. The van der Waals surface area contributed by atoms with Gasteiger partial charge in [-0.3, -0.25) is 4.79 Å². The molecule has 0 aromatic heterocycles. The predicted molar refractivity (Wildman–Crippen MR) is 49.3 cm³/mol. The fraction of sp³-hybridized carbons (Fsp3) is 0.875. The molecule has 2 rings (SSSR count). The summed E-state index contributed by atoms with van der Waals surface area (Å²) in [6, 6.07) is 0. The average molecular weight is 219 g/mol. The summed E-state index contributed by atoms with van der Waals surface area (Å²) in [4.78, 5) is 11.3. The topological polar surface area (TPSA) is 83.5 Å². The highest BCUT2D eigenvalue weighted by Crippen LogP contribution is 2.30. The molecular formula is C8H13NO4S. The molecule has 2 saturated heterocycles. The molecule has 3 atom stereocenters. The van der Waals surface area contributed by atoms with Gasteiger partial charge >= 0.3 is 0 Å². The molecule has 80 valence electrons. The Bertz CT molecular complexity index is 350. The highest BCUT2D eigenvalue weighted by molar-refractivity contribution is 7.91. The second kappa shape index (κ2) is 3.20. The number of hydrogen-bond donors (Lipinski definition) is 2. The summed E-state index contributed by atoms with van der Waals surface area (Å²) in [5.41, 5.74) is 0. The van der Waals surface area contributed by atoms with Crippen molar-refractivity contribution in [1.82, 2.24) is 5.32 Å². The molecule has 6 heteroatoms. The molecule has 0 aromatic carbocycles. The molecule has 14 heavy (non-hydrogen) atoms. The molecule has 5 nitrogen and oxygen atoms in total. The van der Waals surface area contributed by atoms with E-state index >= 15 is 0 Å². The van der Waals surface area contributed by atoms with Crippen molar-refractivity contribution in [2.45, 2.75) is 12.5 Å². The molecule has 2 N–H and O–H groups in total. The maximum Gasteiger partial charge on any atom is 0.223 e. The number of hydrogen-bond acceptors (Lipinski definition) is 4. The van der Waals surface area contributed by atoms with Gasteiger partial charge in [0.1, 0.15) is 0 Å². The van der Waals surface area contributed by atoms with Crippen molar-refractivity contribution >= 4 is 15.7 Å². The van der Waals surface area contributed by atoms with Crippen LogP contribution in [0.5, 0.6) is 0 Å². The molecule has 0 bridgehead atoms. The van der Waals surface area contributed by atoms with Crippen molar-refractivity contribution in [1.29, 1.82) is 0 Å². The minimum atomic E-state index is -3.14. The zero-order valence-corrected chi connectivity index (χ0v) is 8.46. The molecule has 1 amide bonds. The maximum absolute atomic E-state index is 11.3. The summed E-state index contributed by atoms with van der Waals surface area (Å²) in [7, 11) is -3.14. The summed E-state index contributed by atoms with van der Waals surface area (Å²) in [5.74, 6) is -1.08. The van der Waals surface area contributed by atoms with Crippen LogP contribution < -0.4 is 5.32 Å². The highest BCUT2D eigenvalue weighted by Gasteiger charge is 2.44. The van der Waals surface area contributed by atoms with E-state index in [1.54, 1.807) is 0 Å².